The number of piperidine rings is 1. The first-order chi connectivity index (χ1) is 18.1. The summed E-state index contributed by atoms with van der Waals surface area (Å²) in [6.07, 6.45) is 4.19. The van der Waals surface area contributed by atoms with Gasteiger partial charge in [0.2, 0.25) is 10.0 Å². The molecular weight excluding hydrogens is 530 g/mol. The third kappa shape index (κ3) is 5.31. The number of rotatable bonds is 6. The summed E-state index contributed by atoms with van der Waals surface area (Å²) in [4.78, 5) is 23.5. The van der Waals surface area contributed by atoms with Crippen molar-refractivity contribution < 1.29 is 22.0 Å². The molecule has 0 N–H and O–H groups in total. The molecule has 1 aliphatic rings. The second kappa shape index (κ2) is 10.5. The van der Waals surface area contributed by atoms with E-state index in [4.69, 9.17) is 0 Å². The van der Waals surface area contributed by atoms with Crippen molar-refractivity contribution >= 4 is 42.6 Å². The number of hydrogen-bond donors (Lipinski definition) is 0. The van der Waals surface area contributed by atoms with Crippen LogP contribution in [0.2, 0.25) is 0 Å². The van der Waals surface area contributed by atoms with Crippen LogP contribution in [0.25, 0.3) is 10.2 Å². The molecule has 0 aliphatic carbocycles. The van der Waals surface area contributed by atoms with Crippen molar-refractivity contribution in [1.82, 2.24) is 14.3 Å². The van der Waals surface area contributed by atoms with E-state index in [1.807, 2.05) is 13.8 Å². The van der Waals surface area contributed by atoms with Gasteiger partial charge in [-0.2, -0.15) is 4.31 Å². The van der Waals surface area contributed by atoms with E-state index >= 15 is 0 Å². The number of halogens is 2. The van der Waals surface area contributed by atoms with E-state index in [9.17, 15) is 22.0 Å². The monoisotopic (exact) mass is 556 g/mol. The van der Waals surface area contributed by atoms with Gasteiger partial charge in [0.15, 0.2) is 10.9 Å². The first-order valence-corrected chi connectivity index (χ1v) is 14.4. The van der Waals surface area contributed by atoms with Crippen LogP contribution in [0.4, 0.5) is 13.9 Å². The van der Waals surface area contributed by atoms with Crippen LogP contribution in [0.1, 0.15) is 36.2 Å². The van der Waals surface area contributed by atoms with Crippen molar-refractivity contribution in [2.24, 2.45) is 11.8 Å². The van der Waals surface area contributed by atoms with E-state index in [-0.39, 0.29) is 44.2 Å². The van der Waals surface area contributed by atoms with E-state index in [1.165, 1.54) is 39.5 Å². The number of hydrogen-bond acceptors (Lipinski definition) is 6. The number of carbonyl (C=O) groups is 1. The van der Waals surface area contributed by atoms with Gasteiger partial charge in [-0.1, -0.05) is 31.3 Å². The average molecular weight is 557 g/mol. The summed E-state index contributed by atoms with van der Waals surface area (Å²) in [5.74, 6) is -1.47. The zero-order valence-electron chi connectivity index (χ0n) is 20.8. The Bertz CT molecular complexity index is 1570. The highest BCUT2D eigenvalue weighted by molar-refractivity contribution is 7.89. The van der Waals surface area contributed by atoms with Gasteiger partial charge in [0, 0.05) is 37.1 Å². The number of pyridine rings is 1. The minimum absolute atomic E-state index is 0.0261. The fraction of sp³-hybridized carbons (Fsp3) is 0.296. The maximum Gasteiger partial charge on any atom is 0.260 e. The van der Waals surface area contributed by atoms with Gasteiger partial charge in [0.25, 0.3) is 5.91 Å². The van der Waals surface area contributed by atoms with Crippen molar-refractivity contribution in [1.29, 1.82) is 0 Å². The molecule has 1 amide bonds. The first kappa shape index (κ1) is 26.3. The Labute approximate surface area is 223 Å². The Morgan fingerprint density at radius 1 is 1.11 bits per heavy atom. The van der Waals surface area contributed by atoms with Crippen LogP contribution in [0.15, 0.2) is 65.8 Å². The standard InChI is InChI=1S/C27H26F2N4O3S2/c1-17-10-18(2)15-32(14-17)38(35,36)22-7-5-20(6-8-22)26(34)33(16-19-4-3-9-30-13-19)27-31-25-23(29)11-21(28)12-24(25)37-27/h3-9,11-13,17-18H,10,14-16H2,1-2H3. The minimum Gasteiger partial charge on any atom is -0.279 e. The Kier molecular flexibility index (Phi) is 7.26. The molecule has 0 bridgehead atoms. The molecule has 4 aromatic rings. The molecule has 0 saturated carbocycles. The van der Waals surface area contributed by atoms with Crippen LogP contribution >= 0.6 is 11.3 Å². The van der Waals surface area contributed by atoms with Crippen LogP contribution in [0.5, 0.6) is 0 Å². The van der Waals surface area contributed by atoms with E-state index in [0.717, 1.165) is 23.8 Å². The predicted octanol–water partition coefficient (Wildman–Crippen LogP) is 5.48. The Hall–Kier alpha value is -3.28. The molecular formula is C27H26F2N4O3S2. The normalized spacial score (nSPS) is 18.5. The van der Waals surface area contributed by atoms with Crippen LogP contribution < -0.4 is 4.90 Å². The van der Waals surface area contributed by atoms with E-state index in [2.05, 4.69) is 9.97 Å². The summed E-state index contributed by atoms with van der Waals surface area (Å²) in [5, 5.41) is 0.186. The lowest BCUT2D eigenvalue weighted by Gasteiger charge is -2.34. The van der Waals surface area contributed by atoms with Gasteiger partial charge in [0.05, 0.1) is 16.1 Å². The smallest absolute Gasteiger partial charge is 0.260 e. The number of anilines is 1. The largest absolute Gasteiger partial charge is 0.279 e. The van der Waals surface area contributed by atoms with Crippen molar-refractivity contribution in [3.05, 3.63) is 83.7 Å². The molecule has 1 aliphatic heterocycles. The molecule has 198 valence electrons. The number of fused-ring (bicyclic) bond motifs is 1. The zero-order chi connectivity index (χ0) is 27.0. The molecule has 5 rings (SSSR count). The van der Waals surface area contributed by atoms with E-state index in [1.54, 1.807) is 24.5 Å². The highest BCUT2D eigenvalue weighted by atomic mass is 32.2. The highest BCUT2D eigenvalue weighted by Gasteiger charge is 2.32. The minimum atomic E-state index is -3.70. The van der Waals surface area contributed by atoms with Crippen LogP contribution in [-0.2, 0) is 16.6 Å². The fourth-order valence-corrected chi connectivity index (χ4v) is 7.52. The molecule has 0 spiro atoms. The molecule has 2 unspecified atom stereocenters. The number of benzene rings is 2. The molecule has 7 nitrogen and oxygen atoms in total. The second-order valence-electron chi connectivity index (χ2n) is 9.78. The summed E-state index contributed by atoms with van der Waals surface area (Å²) < 4.78 is 56.5. The Balaban J connectivity index is 1.47. The van der Waals surface area contributed by atoms with Crippen molar-refractivity contribution in [3.8, 4) is 0 Å². The van der Waals surface area contributed by atoms with E-state index < -0.39 is 27.6 Å². The Morgan fingerprint density at radius 3 is 2.47 bits per heavy atom. The SMILES string of the molecule is CC1CC(C)CN(S(=O)(=O)c2ccc(C(=O)N(Cc3cccnc3)c3nc4c(F)cc(F)cc4s3)cc2)C1. The quantitative estimate of drug-likeness (QED) is 0.314. The van der Waals surface area contributed by atoms with Gasteiger partial charge >= 0.3 is 0 Å². The average Bonchev–Trinajstić information content (AvgIpc) is 3.31. The fourth-order valence-electron chi connectivity index (χ4n) is 4.84. The van der Waals surface area contributed by atoms with Crippen LogP contribution in [0, 0.1) is 23.5 Å². The topological polar surface area (TPSA) is 83.5 Å². The number of amides is 1. The molecule has 1 saturated heterocycles. The maximum atomic E-state index is 14.4. The van der Waals surface area contributed by atoms with Crippen LogP contribution in [-0.4, -0.2) is 41.7 Å². The lowest BCUT2D eigenvalue weighted by molar-refractivity contribution is 0.0985. The van der Waals surface area contributed by atoms with Gasteiger partial charge in [-0.15, -0.1) is 0 Å². The summed E-state index contributed by atoms with van der Waals surface area (Å²) >= 11 is 0.994. The number of nitrogens with zero attached hydrogens (tertiary/aromatic N) is 4. The molecule has 2 aromatic carbocycles. The summed E-state index contributed by atoms with van der Waals surface area (Å²) in [5.41, 5.74) is 0.917. The summed E-state index contributed by atoms with van der Waals surface area (Å²) in [6.45, 7) is 5.08. The zero-order valence-corrected chi connectivity index (χ0v) is 22.5. The number of aromatic nitrogens is 2. The van der Waals surface area contributed by atoms with Gasteiger partial charge in [-0.3, -0.25) is 14.7 Å². The van der Waals surface area contributed by atoms with Crippen molar-refractivity contribution in [2.75, 3.05) is 18.0 Å². The molecule has 11 heteroatoms. The molecule has 2 atom stereocenters. The third-order valence-electron chi connectivity index (χ3n) is 6.52. The second-order valence-corrected chi connectivity index (χ2v) is 12.7. The first-order valence-electron chi connectivity index (χ1n) is 12.2. The highest BCUT2D eigenvalue weighted by Crippen LogP contribution is 2.33. The number of carbonyl (C=O) groups excluding carboxylic acids is 1. The van der Waals surface area contributed by atoms with Crippen LogP contribution in [0.3, 0.4) is 0 Å². The molecule has 2 aromatic heterocycles. The molecule has 38 heavy (non-hydrogen) atoms. The van der Waals surface area contributed by atoms with Crippen molar-refractivity contribution in [2.45, 2.75) is 31.7 Å². The van der Waals surface area contributed by atoms with Gasteiger partial charge in [-0.25, -0.2) is 22.2 Å². The molecule has 0 radical (unpaired) electrons. The molecule has 3 heterocycles. The number of sulfonamides is 1. The number of thiazole rings is 1. The van der Waals surface area contributed by atoms with Crippen molar-refractivity contribution in [3.63, 3.8) is 0 Å². The van der Waals surface area contributed by atoms with Gasteiger partial charge in [0.1, 0.15) is 11.3 Å². The summed E-state index contributed by atoms with van der Waals surface area (Å²) in [6, 6.07) is 11.2. The third-order valence-corrected chi connectivity index (χ3v) is 9.39. The lowest BCUT2D eigenvalue weighted by atomic mass is 9.94. The lowest BCUT2D eigenvalue weighted by Crippen LogP contribution is -2.42. The van der Waals surface area contributed by atoms with Gasteiger partial charge in [-0.05, 0) is 60.2 Å². The molecule has 1 fully saturated rings. The summed E-state index contributed by atoms with van der Waals surface area (Å²) in [7, 11) is -3.70. The predicted molar refractivity (Wildman–Crippen MR) is 142 cm³/mol. The maximum absolute atomic E-state index is 14.4. The van der Waals surface area contributed by atoms with E-state index in [0.29, 0.717) is 18.7 Å². The van der Waals surface area contributed by atoms with Gasteiger partial charge < -0.3 is 0 Å². The Morgan fingerprint density at radius 2 is 1.82 bits per heavy atom.